The Morgan fingerprint density at radius 1 is 0.400 bits per heavy atom. The van der Waals surface area contributed by atoms with E-state index < -0.39 is 26.6 Å². The van der Waals surface area contributed by atoms with E-state index in [0.29, 0.717) is 17.4 Å². The van der Waals surface area contributed by atoms with Crippen LogP contribution in [0, 0.1) is 0 Å². The average Bonchev–Trinajstić information content (AvgIpc) is 3.49. The summed E-state index contributed by atoms with van der Waals surface area (Å²) in [6.07, 6.45) is 90.2. The van der Waals surface area contributed by atoms with E-state index in [-0.39, 0.29) is 12.5 Å². The summed E-state index contributed by atoms with van der Waals surface area (Å²) in [6.45, 7) is 4.69. The van der Waals surface area contributed by atoms with Crippen LogP contribution in [0.1, 0.15) is 393 Å². The van der Waals surface area contributed by atoms with Crippen molar-refractivity contribution < 1.29 is 32.9 Å². The van der Waals surface area contributed by atoms with Gasteiger partial charge in [-0.15, -0.1) is 0 Å². The van der Waals surface area contributed by atoms with Gasteiger partial charge in [0.25, 0.3) is 7.82 Å². The Morgan fingerprint density at radius 2 is 0.659 bits per heavy atom. The second-order valence-corrected chi connectivity index (χ2v) is 28.8. The van der Waals surface area contributed by atoms with Crippen molar-refractivity contribution in [2.24, 2.45) is 0 Å². The summed E-state index contributed by atoms with van der Waals surface area (Å²) in [5.74, 6) is -0.203. The van der Waals surface area contributed by atoms with Crippen molar-refractivity contribution in [3.05, 3.63) is 36.5 Å². The molecule has 85 heavy (non-hydrogen) atoms. The summed E-state index contributed by atoms with van der Waals surface area (Å²) < 4.78 is 23.5. The van der Waals surface area contributed by atoms with Crippen LogP contribution >= 0.6 is 7.82 Å². The highest BCUT2D eigenvalue weighted by molar-refractivity contribution is 7.45. The summed E-state index contributed by atoms with van der Waals surface area (Å²) in [5.41, 5.74) is 0. The topological polar surface area (TPSA) is 108 Å². The number of nitrogens with zero attached hydrogens (tertiary/aromatic N) is 1. The monoisotopic (exact) mass is 1220 g/mol. The molecule has 0 saturated heterocycles. The van der Waals surface area contributed by atoms with Crippen LogP contribution in [-0.2, 0) is 18.4 Å². The van der Waals surface area contributed by atoms with E-state index in [9.17, 15) is 19.4 Å². The number of nitrogens with one attached hydrogen (secondary N) is 1. The van der Waals surface area contributed by atoms with E-state index in [2.05, 4.69) is 43.5 Å². The standard InChI is InChI=1S/C76H149N2O6P/c1-6-8-10-12-14-16-18-20-22-24-26-28-30-32-34-35-36-37-38-39-40-41-42-44-46-48-50-52-54-56-58-60-62-64-66-68-70-76(80)77-74(73-84-85(81,82)83-72-71-78(3,4)5)75(79)69-67-65-63-61-59-57-55-53-51-49-47-45-43-33-31-29-27-25-23-21-19-17-15-13-11-9-7-2/h51,53,59,61,67,69,74-75,79H,6-50,52,54-58,60,62-66,68,70-73H2,1-5H3,(H-,77,80,81,82)/b53-51+,61-59+,69-67+. The molecule has 0 aromatic rings. The first kappa shape index (κ1) is 83.7. The molecule has 0 bridgehead atoms. The molecular formula is C76H149N2O6P. The van der Waals surface area contributed by atoms with Crippen LogP contribution in [0.4, 0.5) is 0 Å². The average molecular weight is 1220 g/mol. The first-order valence-corrected chi connectivity index (χ1v) is 39.3. The van der Waals surface area contributed by atoms with Gasteiger partial charge in [0.1, 0.15) is 13.2 Å². The fourth-order valence-corrected chi connectivity index (χ4v) is 12.4. The predicted molar refractivity (Wildman–Crippen MR) is 372 cm³/mol. The molecule has 3 atom stereocenters. The van der Waals surface area contributed by atoms with Crippen molar-refractivity contribution in [1.29, 1.82) is 0 Å². The molecule has 3 unspecified atom stereocenters. The van der Waals surface area contributed by atoms with E-state index in [1.54, 1.807) is 6.08 Å². The molecule has 0 spiro atoms. The largest absolute Gasteiger partial charge is 0.756 e. The maximum Gasteiger partial charge on any atom is 0.268 e. The fraction of sp³-hybridized carbons (Fsp3) is 0.908. The second kappa shape index (κ2) is 67.1. The number of rotatable bonds is 71. The lowest BCUT2D eigenvalue weighted by atomic mass is 10.0. The molecule has 0 aliphatic heterocycles. The zero-order chi connectivity index (χ0) is 61.9. The molecule has 0 aromatic heterocycles. The molecule has 0 aliphatic carbocycles. The number of amides is 1. The number of carbonyl (C=O) groups excluding carboxylic acids is 1. The van der Waals surface area contributed by atoms with Gasteiger partial charge in [-0.3, -0.25) is 9.36 Å². The smallest absolute Gasteiger partial charge is 0.268 e. The van der Waals surface area contributed by atoms with Crippen molar-refractivity contribution in [3.8, 4) is 0 Å². The van der Waals surface area contributed by atoms with Crippen molar-refractivity contribution in [2.45, 2.75) is 405 Å². The van der Waals surface area contributed by atoms with Crippen LogP contribution in [0.2, 0.25) is 0 Å². The van der Waals surface area contributed by atoms with E-state index >= 15 is 0 Å². The molecular weight excluding hydrogens is 1070 g/mol. The van der Waals surface area contributed by atoms with Crippen LogP contribution in [0.3, 0.4) is 0 Å². The maximum absolute atomic E-state index is 13.0. The number of carbonyl (C=O) groups is 1. The molecule has 2 N–H and O–H groups in total. The van der Waals surface area contributed by atoms with E-state index in [1.807, 2.05) is 27.2 Å². The molecule has 9 heteroatoms. The number of likely N-dealkylation sites (N-methyl/N-ethyl adjacent to an activating group) is 1. The molecule has 0 heterocycles. The lowest BCUT2D eigenvalue weighted by Crippen LogP contribution is -2.45. The second-order valence-electron chi connectivity index (χ2n) is 27.4. The highest BCUT2D eigenvalue weighted by atomic mass is 31.2. The Kier molecular flexibility index (Phi) is 66.1. The number of aliphatic hydroxyl groups is 1. The number of phosphoric ester groups is 1. The normalized spacial score (nSPS) is 13.7. The Morgan fingerprint density at radius 3 is 0.953 bits per heavy atom. The van der Waals surface area contributed by atoms with Gasteiger partial charge < -0.3 is 28.8 Å². The van der Waals surface area contributed by atoms with Gasteiger partial charge >= 0.3 is 0 Å². The molecule has 0 aliphatic rings. The van der Waals surface area contributed by atoms with Crippen molar-refractivity contribution in [2.75, 3.05) is 40.9 Å². The Hall–Kier alpha value is -1.28. The number of aliphatic hydroxyl groups excluding tert-OH is 1. The lowest BCUT2D eigenvalue weighted by molar-refractivity contribution is -0.870. The highest BCUT2D eigenvalue weighted by Gasteiger charge is 2.23. The van der Waals surface area contributed by atoms with Crippen molar-refractivity contribution in [3.63, 3.8) is 0 Å². The predicted octanol–water partition coefficient (Wildman–Crippen LogP) is 23.8. The third kappa shape index (κ3) is 70.0. The van der Waals surface area contributed by atoms with Crippen molar-refractivity contribution in [1.82, 2.24) is 5.32 Å². The van der Waals surface area contributed by atoms with Gasteiger partial charge in [-0.05, 0) is 44.9 Å². The van der Waals surface area contributed by atoms with Crippen LogP contribution in [0.5, 0.6) is 0 Å². The van der Waals surface area contributed by atoms with E-state index in [1.165, 1.54) is 327 Å². The fourth-order valence-electron chi connectivity index (χ4n) is 11.7. The van der Waals surface area contributed by atoms with Gasteiger partial charge in [0.15, 0.2) is 0 Å². The number of phosphoric acid groups is 1. The van der Waals surface area contributed by atoms with Crippen LogP contribution in [0.25, 0.3) is 0 Å². The quantitative estimate of drug-likeness (QED) is 0.0272. The van der Waals surface area contributed by atoms with Gasteiger partial charge in [0.2, 0.25) is 5.91 Å². The summed E-state index contributed by atoms with van der Waals surface area (Å²) in [7, 11) is 1.25. The Balaban J connectivity index is 4.01. The molecule has 504 valence electrons. The number of unbranched alkanes of at least 4 members (excludes halogenated alkanes) is 54. The van der Waals surface area contributed by atoms with Gasteiger partial charge in [-0.25, -0.2) is 0 Å². The summed E-state index contributed by atoms with van der Waals surface area (Å²) in [4.78, 5) is 25.6. The minimum absolute atomic E-state index is 0.00701. The Labute approximate surface area is 531 Å². The minimum atomic E-state index is -4.62. The number of quaternary nitrogens is 1. The molecule has 0 saturated carbocycles. The van der Waals surface area contributed by atoms with Gasteiger partial charge in [0, 0.05) is 6.42 Å². The van der Waals surface area contributed by atoms with Gasteiger partial charge in [-0.2, -0.15) is 0 Å². The van der Waals surface area contributed by atoms with Crippen LogP contribution < -0.4 is 10.2 Å². The number of hydrogen-bond donors (Lipinski definition) is 2. The molecule has 8 nitrogen and oxygen atoms in total. The van der Waals surface area contributed by atoms with Gasteiger partial charge in [0.05, 0.1) is 39.9 Å². The first-order valence-electron chi connectivity index (χ1n) is 37.9. The lowest BCUT2D eigenvalue weighted by Gasteiger charge is -2.29. The maximum atomic E-state index is 13.0. The number of hydrogen-bond acceptors (Lipinski definition) is 6. The van der Waals surface area contributed by atoms with Crippen molar-refractivity contribution >= 4 is 13.7 Å². The molecule has 1 amide bonds. The molecule has 0 rings (SSSR count). The van der Waals surface area contributed by atoms with Crippen LogP contribution in [-0.4, -0.2) is 68.5 Å². The highest BCUT2D eigenvalue weighted by Crippen LogP contribution is 2.38. The third-order valence-electron chi connectivity index (χ3n) is 17.6. The van der Waals surface area contributed by atoms with E-state index in [0.717, 1.165) is 44.9 Å². The zero-order valence-corrected chi connectivity index (χ0v) is 58.7. The molecule has 0 aromatic carbocycles. The molecule has 0 radical (unpaired) electrons. The van der Waals surface area contributed by atoms with E-state index in [4.69, 9.17) is 9.05 Å². The first-order chi connectivity index (χ1) is 41.5. The van der Waals surface area contributed by atoms with Gasteiger partial charge in [-0.1, -0.05) is 378 Å². The zero-order valence-electron chi connectivity index (χ0n) is 57.8. The number of allylic oxidation sites excluding steroid dienone is 5. The van der Waals surface area contributed by atoms with Crippen LogP contribution in [0.15, 0.2) is 36.5 Å². The Bertz CT molecular complexity index is 1480. The SMILES string of the molecule is CCCCCCCCCCCCCCCCCCC/C=C/CC/C=C/CC/C=C/C(O)C(COP(=O)([O-])OCC[N+](C)(C)C)NC(=O)CCCCCCCCCCCCCCCCCCCCCCCCCCCCCCCCCCCCCC. The minimum Gasteiger partial charge on any atom is -0.756 e. The summed E-state index contributed by atoms with van der Waals surface area (Å²) >= 11 is 0. The third-order valence-corrected chi connectivity index (χ3v) is 18.5. The summed E-state index contributed by atoms with van der Waals surface area (Å²) in [5, 5.41) is 14.0. The summed E-state index contributed by atoms with van der Waals surface area (Å²) in [6, 6.07) is -0.910. The molecule has 0 fully saturated rings.